The highest BCUT2D eigenvalue weighted by Gasteiger charge is 2.64. The summed E-state index contributed by atoms with van der Waals surface area (Å²) in [6.45, 7) is 11.7. The van der Waals surface area contributed by atoms with Crippen LogP contribution in [-0.2, 0) is 9.84 Å². The van der Waals surface area contributed by atoms with Crippen LogP contribution in [0.2, 0.25) is 0 Å². The number of hydrogen-bond acceptors (Lipinski definition) is 5. The fraction of sp³-hybridized carbons (Fsp3) is 0.838. The van der Waals surface area contributed by atoms with E-state index in [1.165, 1.54) is 44.9 Å². The smallest absolute Gasteiger partial charge is 0.178 e. The van der Waals surface area contributed by atoms with Gasteiger partial charge < -0.3 is 15.1 Å². The molecule has 1 saturated heterocycles. The molecule has 5 aliphatic rings. The zero-order valence-corrected chi connectivity index (χ0v) is 28.2. The maximum atomic E-state index is 13.4. The highest BCUT2D eigenvalue weighted by atomic mass is 32.2. The minimum absolute atomic E-state index is 0.205. The van der Waals surface area contributed by atoms with Gasteiger partial charge in [-0.05, 0) is 148 Å². The quantitative estimate of drug-likeness (QED) is 0.318. The van der Waals surface area contributed by atoms with Gasteiger partial charge in [0.2, 0.25) is 0 Å². The molecule has 1 aromatic carbocycles. The first-order valence-electron chi connectivity index (χ1n) is 17.9. The lowest BCUT2D eigenvalue weighted by molar-refractivity contribution is -0.203. The Morgan fingerprint density at radius 1 is 0.953 bits per heavy atom. The molecular weight excluding hydrogens is 554 g/mol. The van der Waals surface area contributed by atoms with Gasteiger partial charge in [-0.15, -0.1) is 0 Å². The summed E-state index contributed by atoms with van der Waals surface area (Å²) in [5, 5.41) is 22.6. The zero-order valence-electron chi connectivity index (χ0n) is 27.4. The van der Waals surface area contributed by atoms with E-state index in [2.05, 4.69) is 38.7 Å². The minimum atomic E-state index is -3.31. The number of piperidine rings is 1. The summed E-state index contributed by atoms with van der Waals surface area (Å²) in [5.41, 5.74) is 1.50. The topological polar surface area (TPSA) is 77.8 Å². The van der Waals surface area contributed by atoms with Crippen LogP contribution in [0.4, 0.5) is 5.69 Å². The van der Waals surface area contributed by atoms with E-state index in [0.29, 0.717) is 52.7 Å². The molecule has 1 aromatic rings. The number of anilines is 1. The fourth-order valence-corrected chi connectivity index (χ4v) is 13.2. The molecule has 0 amide bonds. The van der Waals surface area contributed by atoms with Crippen molar-refractivity contribution in [1.29, 1.82) is 0 Å². The molecule has 242 valence electrons. The first kappa shape index (κ1) is 31.9. The Bertz CT molecular complexity index is 1230. The van der Waals surface area contributed by atoms with Gasteiger partial charge in [-0.3, -0.25) is 0 Å². The van der Waals surface area contributed by atoms with Crippen molar-refractivity contribution in [2.75, 3.05) is 23.7 Å². The van der Waals surface area contributed by atoms with Crippen LogP contribution in [0.5, 0.6) is 0 Å². The third-order valence-electron chi connectivity index (χ3n) is 14.1. The second kappa shape index (κ2) is 12.2. The maximum Gasteiger partial charge on any atom is 0.178 e. The Balaban J connectivity index is 1.11. The van der Waals surface area contributed by atoms with Crippen molar-refractivity contribution in [3.05, 3.63) is 24.3 Å². The van der Waals surface area contributed by atoms with Gasteiger partial charge in [0, 0.05) is 18.8 Å². The van der Waals surface area contributed by atoms with Crippen LogP contribution in [0, 0.1) is 52.3 Å². The molecule has 0 bridgehead atoms. The third-order valence-corrected chi connectivity index (χ3v) is 15.9. The van der Waals surface area contributed by atoms with Crippen molar-refractivity contribution in [2.45, 2.75) is 128 Å². The normalized spacial score (nSPS) is 42.1. The predicted octanol–water partition coefficient (Wildman–Crippen LogP) is 7.49. The number of benzene rings is 1. The van der Waals surface area contributed by atoms with Crippen molar-refractivity contribution in [3.8, 4) is 0 Å². The predicted molar refractivity (Wildman–Crippen MR) is 175 cm³/mol. The number of sulfone groups is 1. The van der Waals surface area contributed by atoms with Crippen molar-refractivity contribution >= 4 is 15.5 Å². The first-order valence-corrected chi connectivity index (χ1v) is 19.6. The molecule has 6 heteroatoms. The number of rotatable bonds is 8. The van der Waals surface area contributed by atoms with Crippen LogP contribution < -0.4 is 4.90 Å². The van der Waals surface area contributed by atoms with Gasteiger partial charge in [0.05, 0.1) is 22.9 Å². The van der Waals surface area contributed by atoms with E-state index in [0.717, 1.165) is 50.9 Å². The van der Waals surface area contributed by atoms with Crippen molar-refractivity contribution in [2.24, 2.45) is 52.3 Å². The molecule has 5 fully saturated rings. The summed E-state index contributed by atoms with van der Waals surface area (Å²) in [5.74, 6) is 3.49. The Kier molecular flexibility index (Phi) is 9.07. The summed E-state index contributed by atoms with van der Waals surface area (Å²) in [6.07, 6.45) is 13.5. The number of nitrogens with zero attached hydrogens (tertiary/aromatic N) is 1. The van der Waals surface area contributed by atoms with Crippen LogP contribution in [0.15, 0.2) is 29.2 Å². The largest absolute Gasteiger partial charge is 0.393 e. The lowest BCUT2D eigenvalue weighted by Crippen LogP contribution is -2.62. The monoisotopic (exact) mass is 613 g/mol. The van der Waals surface area contributed by atoms with Gasteiger partial charge >= 0.3 is 0 Å². The van der Waals surface area contributed by atoms with E-state index in [9.17, 15) is 18.6 Å². The lowest BCUT2D eigenvalue weighted by Gasteiger charge is -2.64. The molecule has 11 atom stereocenters. The second-order valence-corrected chi connectivity index (χ2v) is 18.2. The van der Waals surface area contributed by atoms with Crippen LogP contribution in [0.25, 0.3) is 0 Å². The molecule has 2 N–H and O–H groups in total. The average molecular weight is 614 g/mol. The van der Waals surface area contributed by atoms with E-state index in [-0.39, 0.29) is 28.8 Å². The summed E-state index contributed by atoms with van der Waals surface area (Å²) >= 11 is 0. The second-order valence-electron chi connectivity index (χ2n) is 16.1. The van der Waals surface area contributed by atoms with Gasteiger partial charge in [-0.1, -0.05) is 40.2 Å². The molecule has 1 heterocycles. The van der Waals surface area contributed by atoms with Crippen LogP contribution >= 0.6 is 0 Å². The fourth-order valence-electron chi connectivity index (χ4n) is 11.9. The molecule has 4 aliphatic carbocycles. The van der Waals surface area contributed by atoms with Crippen LogP contribution in [0.3, 0.4) is 0 Å². The summed E-state index contributed by atoms with van der Waals surface area (Å²) in [6, 6.07) is 7.66. The zero-order chi connectivity index (χ0) is 30.6. The van der Waals surface area contributed by atoms with Crippen molar-refractivity contribution < 1.29 is 18.6 Å². The minimum Gasteiger partial charge on any atom is -0.393 e. The highest BCUT2D eigenvalue weighted by molar-refractivity contribution is 7.91. The Labute approximate surface area is 262 Å². The summed E-state index contributed by atoms with van der Waals surface area (Å²) in [4.78, 5) is 2.81. The first-order chi connectivity index (χ1) is 20.5. The Morgan fingerprint density at radius 2 is 1.67 bits per heavy atom. The number of aliphatic hydroxyl groups excluding tert-OH is 2. The van der Waals surface area contributed by atoms with Gasteiger partial charge in [-0.25, -0.2) is 8.42 Å². The molecule has 6 rings (SSSR count). The molecule has 4 saturated carbocycles. The SMILES string of the molecule is CC[C@H]1[C@@H](O)[C@@H]2[C@H](CC[C@]3(C)[C@@H]([C@H](C)CCCS(=O)(=O)c4cccc(N5CCCCC5)c4)CC[C@@H]23)[C@@]2(C)CC[C@@H](O)C[C@@H]12. The Hall–Kier alpha value is -1.11. The molecule has 5 nitrogen and oxygen atoms in total. The van der Waals surface area contributed by atoms with Crippen LogP contribution in [0.1, 0.15) is 111 Å². The summed E-state index contributed by atoms with van der Waals surface area (Å²) < 4.78 is 26.8. The highest BCUT2D eigenvalue weighted by Crippen LogP contribution is 2.69. The Morgan fingerprint density at radius 3 is 2.42 bits per heavy atom. The summed E-state index contributed by atoms with van der Waals surface area (Å²) in [7, 11) is -3.31. The maximum absolute atomic E-state index is 13.4. The molecule has 0 radical (unpaired) electrons. The van der Waals surface area contributed by atoms with Gasteiger partial charge in [0.25, 0.3) is 0 Å². The number of fused-ring (bicyclic) bond motifs is 5. The number of aliphatic hydroxyl groups is 2. The molecule has 1 aliphatic heterocycles. The van der Waals surface area contributed by atoms with Gasteiger partial charge in [0.1, 0.15) is 0 Å². The van der Waals surface area contributed by atoms with E-state index < -0.39 is 9.84 Å². The molecular formula is C37H59NO4S. The van der Waals surface area contributed by atoms with Crippen molar-refractivity contribution in [3.63, 3.8) is 0 Å². The molecule has 0 spiro atoms. The third kappa shape index (κ3) is 5.62. The van der Waals surface area contributed by atoms with E-state index >= 15 is 0 Å². The molecule has 0 unspecified atom stereocenters. The number of hydrogen-bond donors (Lipinski definition) is 2. The van der Waals surface area contributed by atoms with E-state index in [1.807, 2.05) is 12.1 Å². The van der Waals surface area contributed by atoms with E-state index in [1.54, 1.807) is 6.07 Å². The lowest BCUT2D eigenvalue weighted by atomic mass is 9.41. The van der Waals surface area contributed by atoms with Crippen molar-refractivity contribution in [1.82, 2.24) is 0 Å². The molecule has 0 aromatic heterocycles. The molecule has 43 heavy (non-hydrogen) atoms. The van der Waals surface area contributed by atoms with Crippen LogP contribution in [-0.4, -0.2) is 49.7 Å². The van der Waals surface area contributed by atoms with Gasteiger partial charge in [0.15, 0.2) is 9.84 Å². The average Bonchev–Trinajstić information content (AvgIpc) is 3.36. The standard InChI is InChI=1S/C37H59NO4S/c1-5-29-33-24-27(39)16-18-37(33,4)32-17-19-36(3)30(14-15-31(36)34(32)35(29)40)25(2)11-10-22-43(41,42)28-13-9-12-26(23-28)38-20-7-6-8-21-38/h9,12-13,23,25,27,29-35,39-40H,5-8,10-11,14-22,24H2,1-4H3/t25-,27-,29-,30-,31+,32+,33+,34+,35-,36-,37-/m1/s1. The van der Waals surface area contributed by atoms with Gasteiger partial charge in [-0.2, -0.15) is 0 Å². The van der Waals surface area contributed by atoms with E-state index in [4.69, 9.17) is 0 Å².